The molecule has 19 heavy (non-hydrogen) atoms. The van der Waals surface area contributed by atoms with Crippen LogP contribution >= 0.6 is 0 Å². The molecule has 0 aromatic heterocycles. The number of aliphatic imine (C=N–C) groups is 1. The highest BCUT2D eigenvalue weighted by molar-refractivity contribution is 5.80. The summed E-state index contributed by atoms with van der Waals surface area (Å²) in [5, 5.41) is 6.87. The quantitative estimate of drug-likeness (QED) is 0.551. The van der Waals surface area contributed by atoms with Crippen LogP contribution in [0.4, 0.5) is 0 Å². The Hall–Kier alpha value is -0.810. The van der Waals surface area contributed by atoms with Gasteiger partial charge in [0.1, 0.15) is 0 Å². The zero-order valence-electron chi connectivity index (χ0n) is 12.7. The van der Waals surface area contributed by atoms with Crippen LogP contribution in [-0.4, -0.2) is 74.7 Å². The number of nitrogens with zero attached hydrogens (tertiary/aromatic N) is 3. The lowest BCUT2D eigenvalue weighted by Crippen LogP contribution is -2.49. The first-order chi connectivity index (χ1) is 9.22. The van der Waals surface area contributed by atoms with Crippen LogP contribution in [-0.2, 0) is 0 Å². The second-order valence-electron chi connectivity index (χ2n) is 5.74. The topological polar surface area (TPSA) is 42.9 Å². The Labute approximate surface area is 117 Å². The molecule has 110 valence electrons. The Morgan fingerprint density at radius 1 is 1.21 bits per heavy atom. The van der Waals surface area contributed by atoms with Crippen LogP contribution in [0.1, 0.15) is 20.3 Å². The molecule has 1 saturated heterocycles. The zero-order chi connectivity index (χ0) is 13.7. The van der Waals surface area contributed by atoms with Crippen LogP contribution in [0.25, 0.3) is 0 Å². The van der Waals surface area contributed by atoms with Crippen molar-refractivity contribution in [3.63, 3.8) is 0 Å². The van der Waals surface area contributed by atoms with E-state index in [1.807, 2.05) is 7.05 Å². The average Bonchev–Trinajstić information content (AvgIpc) is 3.13. The van der Waals surface area contributed by atoms with Crippen molar-refractivity contribution in [3.8, 4) is 0 Å². The fourth-order valence-electron chi connectivity index (χ4n) is 2.55. The van der Waals surface area contributed by atoms with Crippen molar-refractivity contribution in [1.29, 1.82) is 0 Å². The molecule has 2 rings (SSSR count). The van der Waals surface area contributed by atoms with Gasteiger partial charge in [0, 0.05) is 52.4 Å². The van der Waals surface area contributed by atoms with E-state index in [0.717, 1.165) is 25.0 Å². The molecule has 0 bridgehead atoms. The SMILES string of the molecule is CCN1CCN(CCNC(=NC)NC2CC2C)CC1. The minimum Gasteiger partial charge on any atom is -0.355 e. The van der Waals surface area contributed by atoms with Crippen LogP contribution < -0.4 is 10.6 Å². The van der Waals surface area contributed by atoms with Crippen LogP contribution in [0, 0.1) is 5.92 Å². The molecule has 2 atom stereocenters. The van der Waals surface area contributed by atoms with Crippen LogP contribution in [0.5, 0.6) is 0 Å². The van der Waals surface area contributed by atoms with Crippen LogP contribution in [0.2, 0.25) is 0 Å². The molecule has 0 amide bonds. The fourth-order valence-corrected chi connectivity index (χ4v) is 2.55. The fraction of sp³-hybridized carbons (Fsp3) is 0.929. The van der Waals surface area contributed by atoms with Gasteiger partial charge in [-0.1, -0.05) is 13.8 Å². The standard InChI is InChI=1S/C14H29N5/c1-4-18-7-9-19(10-8-18)6-5-16-14(15-3)17-13-11-12(13)2/h12-13H,4-11H2,1-3H3,(H2,15,16,17). The predicted octanol–water partition coefficient (Wildman–Crippen LogP) is 0.197. The molecule has 0 spiro atoms. The number of hydrogen-bond donors (Lipinski definition) is 2. The Bertz CT molecular complexity index is 296. The maximum Gasteiger partial charge on any atom is 0.191 e. The van der Waals surface area contributed by atoms with Gasteiger partial charge in [-0.2, -0.15) is 0 Å². The van der Waals surface area contributed by atoms with Crippen molar-refractivity contribution in [2.75, 3.05) is 52.9 Å². The Balaban J connectivity index is 1.58. The van der Waals surface area contributed by atoms with Gasteiger partial charge < -0.3 is 15.5 Å². The molecule has 1 aliphatic heterocycles. The molecule has 1 heterocycles. The smallest absolute Gasteiger partial charge is 0.191 e. The summed E-state index contributed by atoms with van der Waals surface area (Å²) >= 11 is 0. The van der Waals surface area contributed by atoms with E-state index in [1.54, 1.807) is 0 Å². The second kappa shape index (κ2) is 7.10. The molecule has 2 unspecified atom stereocenters. The number of rotatable bonds is 5. The van der Waals surface area contributed by atoms with Crippen molar-refractivity contribution < 1.29 is 0 Å². The highest BCUT2D eigenvalue weighted by Crippen LogP contribution is 2.28. The van der Waals surface area contributed by atoms with E-state index in [9.17, 15) is 0 Å². The van der Waals surface area contributed by atoms with Crippen molar-refractivity contribution in [1.82, 2.24) is 20.4 Å². The number of guanidine groups is 1. The van der Waals surface area contributed by atoms with E-state index >= 15 is 0 Å². The summed E-state index contributed by atoms with van der Waals surface area (Å²) < 4.78 is 0. The molecule has 0 aromatic carbocycles. The van der Waals surface area contributed by atoms with E-state index in [2.05, 4.69) is 39.3 Å². The summed E-state index contributed by atoms with van der Waals surface area (Å²) in [6.07, 6.45) is 1.28. The van der Waals surface area contributed by atoms with Crippen LogP contribution in [0.15, 0.2) is 4.99 Å². The summed E-state index contributed by atoms with van der Waals surface area (Å²) in [6, 6.07) is 0.638. The van der Waals surface area contributed by atoms with E-state index in [-0.39, 0.29) is 0 Å². The molecular weight excluding hydrogens is 238 g/mol. The van der Waals surface area contributed by atoms with Crippen molar-refractivity contribution in [2.24, 2.45) is 10.9 Å². The van der Waals surface area contributed by atoms with Crippen molar-refractivity contribution >= 4 is 5.96 Å². The molecule has 5 nitrogen and oxygen atoms in total. The first kappa shape index (κ1) is 14.6. The highest BCUT2D eigenvalue weighted by Gasteiger charge is 2.33. The van der Waals surface area contributed by atoms with Gasteiger partial charge in [-0.15, -0.1) is 0 Å². The first-order valence-electron chi connectivity index (χ1n) is 7.64. The lowest BCUT2D eigenvalue weighted by Gasteiger charge is -2.34. The van der Waals surface area contributed by atoms with E-state index in [4.69, 9.17) is 0 Å². The average molecular weight is 267 g/mol. The van der Waals surface area contributed by atoms with Gasteiger partial charge in [0.25, 0.3) is 0 Å². The molecule has 2 N–H and O–H groups in total. The molecule has 2 aliphatic rings. The van der Waals surface area contributed by atoms with Gasteiger partial charge in [-0.3, -0.25) is 9.89 Å². The third-order valence-electron chi connectivity index (χ3n) is 4.29. The predicted molar refractivity (Wildman–Crippen MR) is 80.6 cm³/mol. The molecule has 1 aliphatic carbocycles. The third-order valence-corrected chi connectivity index (χ3v) is 4.29. The number of likely N-dealkylation sites (N-methyl/N-ethyl adjacent to an activating group) is 1. The molecule has 1 saturated carbocycles. The van der Waals surface area contributed by atoms with Gasteiger partial charge in [0.15, 0.2) is 5.96 Å². The normalized spacial score (nSPS) is 29.3. The molecular formula is C14H29N5. The lowest BCUT2D eigenvalue weighted by molar-refractivity contribution is 0.139. The van der Waals surface area contributed by atoms with Gasteiger partial charge >= 0.3 is 0 Å². The van der Waals surface area contributed by atoms with Gasteiger partial charge in [0.2, 0.25) is 0 Å². The summed E-state index contributed by atoms with van der Waals surface area (Å²) in [5.41, 5.74) is 0. The van der Waals surface area contributed by atoms with Gasteiger partial charge in [-0.05, 0) is 18.9 Å². The Morgan fingerprint density at radius 3 is 2.37 bits per heavy atom. The molecule has 5 heteroatoms. The van der Waals surface area contributed by atoms with Crippen LogP contribution in [0.3, 0.4) is 0 Å². The Morgan fingerprint density at radius 2 is 1.84 bits per heavy atom. The van der Waals surface area contributed by atoms with Crippen molar-refractivity contribution in [3.05, 3.63) is 0 Å². The molecule has 0 radical (unpaired) electrons. The monoisotopic (exact) mass is 267 g/mol. The summed E-state index contributed by atoms with van der Waals surface area (Å²) in [6.45, 7) is 12.6. The first-order valence-corrected chi connectivity index (χ1v) is 7.64. The van der Waals surface area contributed by atoms with Gasteiger partial charge in [-0.25, -0.2) is 0 Å². The summed E-state index contributed by atoms with van der Waals surface area (Å²) in [7, 11) is 1.85. The second-order valence-corrected chi connectivity index (χ2v) is 5.74. The maximum absolute atomic E-state index is 4.28. The Kier molecular flexibility index (Phi) is 5.45. The van der Waals surface area contributed by atoms with E-state index < -0.39 is 0 Å². The largest absolute Gasteiger partial charge is 0.355 e. The minimum atomic E-state index is 0.638. The summed E-state index contributed by atoms with van der Waals surface area (Å²) in [4.78, 5) is 9.33. The van der Waals surface area contributed by atoms with Gasteiger partial charge in [0.05, 0.1) is 0 Å². The van der Waals surface area contributed by atoms with E-state index in [0.29, 0.717) is 6.04 Å². The molecule has 2 fully saturated rings. The number of hydrogen-bond acceptors (Lipinski definition) is 3. The molecule has 0 aromatic rings. The minimum absolute atomic E-state index is 0.638. The highest BCUT2D eigenvalue weighted by atomic mass is 15.3. The van der Waals surface area contributed by atoms with Crippen molar-refractivity contribution in [2.45, 2.75) is 26.3 Å². The maximum atomic E-state index is 4.28. The van der Waals surface area contributed by atoms with E-state index in [1.165, 1.54) is 39.1 Å². The summed E-state index contributed by atoms with van der Waals surface area (Å²) in [5.74, 6) is 1.77. The number of piperazine rings is 1. The zero-order valence-corrected chi connectivity index (χ0v) is 12.7. The third kappa shape index (κ3) is 4.66. The number of nitrogens with one attached hydrogen (secondary N) is 2. The lowest BCUT2D eigenvalue weighted by atomic mass is 10.3.